The van der Waals surface area contributed by atoms with E-state index in [0.717, 1.165) is 11.1 Å². The molecule has 1 unspecified atom stereocenters. The van der Waals surface area contributed by atoms with E-state index in [1.807, 2.05) is 49.4 Å². The van der Waals surface area contributed by atoms with Crippen LogP contribution in [-0.4, -0.2) is 45.9 Å². The van der Waals surface area contributed by atoms with Crippen LogP contribution >= 0.6 is 0 Å². The van der Waals surface area contributed by atoms with E-state index in [2.05, 4.69) is 0 Å². The smallest absolute Gasteiger partial charge is 0.274 e. The predicted octanol–water partition coefficient (Wildman–Crippen LogP) is 3.35. The Hall–Kier alpha value is -1.51. The lowest BCUT2D eigenvalue weighted by Crippen LogP contribution is -2.34. The Kier molecular flexibility index (Phi) is 7.42. The molecule has 1 aromatic carbocycles. The normalized spacial score (nSPS) is 21.6. The zero-order valence-electron chi connectivity index (χ0n) is 16.2. The molecule has 0 aromatic heterocycles. The SMILES string of the molecule is CC1=CCC(S(=O)(=O)OCCC2(CCOCc3ccccc3)OCCO2)C=C1. The molecule has 0 saturated carbocycles. The average Bonchev–Trinajstić information content (AvgIpc) is 3.15. The van der Waals surface area contributed by atoms with Crippen molar-refractivity contribution < 1.29 is 26.8 Å². The second-order valence-corrected chi connectivity index (χ2v) is 8.87. The Balaban J connectivity index is 1.44. The molecule has 1 aliphatic carbocycles. The lowest BCUT2D eigenvalue weighted by Gasteiger charge is -2.27. The first-order chi connectivity index (χ1) is 13.5. The van der Waals surface area contributed by atoms with Gasteiger partial charge in [-0.05, 0) is 18.9 Å². The minimum Gasteiger partial charge on any atom is -0.377 e. The second-order valence-electron chi connectivity index (χ2n) is 7.04. The molecule has 1 saturated heterocycles. The molecule has 154 valence electrons. The van der Waals surface area contributed by atoms with E-state index in [1.54, 1.807) is 6.08 Å². The summed E-state index contributed by atoms with van der Waals surface area (Å²) < 4.78 is 47.3. The molecule has 28 heavy (non-hydrogen) atoms. The topological polar surface area (TPSA) is 71.1 Å². The van der Waals surface area contributed by atoms with Gasteiger partial charge in [0.05, 0.1) is 33.0 Å². The van der Waals surface area contributed by atoms with Gasteiger partial charge >= 0.3 is 0 Å². The van der Waals surface area contributed by atoms with Crippen molar-refractivity contribution in [3.05, 3.63) is 59.7 Å². The zero-order chi connectivity index (χ0) is 19.9. The van der Waals surface area contributed by atoms with Crippen molar-refractivity contribution in [3.8, 4) is 0 Å². The summed E-state index contributed by atoms with van der Waals surface area (Å²) >= 11 is 0. The number of rotatable bonds is 10. The molecule has 1 atom stereocenters. The number of ether oxygens (including phenoxy) is 3. The molecule has 1 aliphatic heterocycles. The average molecular weight is 409 g/mol. The fourth-order valence-electron chi connectivity index (χ4n) is 3.23. The predicted molar refractivity (Wildman–Crippen MR) is 106 cm³/mol. The summed E-state index contributed by atoms with van der Waals surface area (Å²) in [6.07, 6.45) is 6.70. The van der Waals surface area contributed by atoms with Crippen molar-refractivity contribution in [2.45, 2.75) is 43.8 Å². The highest BCUT2D eigenvalue weighted by atomic mass is 32.2. The van der Waals surface area contributed by atoms with Crippen molar-refractivity contribution in [2.24, 2.45) is 0 Å². The van der Waals surface area contributed by atoms with Crippen LogP contribution in [0.15, 0.2) is 54.1 Å². The summed E-state index contributed by atoms with van der Waals surface area (Å²) in [5, 5.41) is -0.633. The molecule has 0 spiro atoms. The van der Waals surface area contributed by atoms with Gasteiger partial charge in [-0.2, -0.15) is 8.42 Å². The Morgan fingerprint density at radius 1 is 1.11 bits per heavy atom. The Labute approximate surface area is 167 Å². The highest BCUT2D eigenvalue weighted by Gasteiger charge is 2.37. The molecule has 0 N–H and O–H groups in total. The van der Waals surface area contributed by atoms with Crippen LogP contribution in [0, 0.1) is 0 Å². The van der Waals surface area contributed by atoms with Gasteiger partial charge in [0.25, 0.3) is 10.1 Å². The van der Waals surface area contributed by atoms with Gasteiger partial charge in [-0.1, -0.05) is 54.1 Å². The summed E-state index contributed by atoms with van der Waals surface area (Å²) in [4.78, 5) is 0. The van der Waals surface area contributed by atoms with Crippen LogP contribution in [-0.2, 0) is 35.1 Å². The minimum absolute atomic E-state index is 0.0219. The lowest BCUT2D eigenvalue weighted by atomic mass is 10.1. The quantitative estimate of drug-likeness (QED) is 0.437. The molecule has 7 heteroatoms. The van der Waals surface area contributed by atoms with Gasteiger partial charge in [-0.15, -0.1) is 0 Å². The molecule has 1 fully saturated rings. The molecular weight excluding hydrogens is 380 g/mol. The van der Waals surface area contributed by atoms with Gasteiger partial charge in [0, 0.05) is 12.8 Å². The van der Waals surface area contributed by atoms with Crippen LogP contribution in [0.1, 0.15) is 31.7 Å². The van der Waals surface area contributed by atoms with Crippen molar-refractivity contribution in [1.29, 1.82) is 0 Å². The van der Waals surface area contributed by atoms with Crippen molar-refractivity contribution in [3.63, 3.8) is 0 Å². The van der Waals surface area contributed by atoms with E-state index in [1.165, 1.54) is 0 Å². The molecule has 0 bridgehead atoms. The first-order valence-corrected chi connectivity index (χ1v) is 11.1. The fourth-order valence-corrected chi connectivity index (χ4v) is 4.32. The molecule has 1 heterocycles. The third kappa shape index (κ3) is 5.99. The third-order valence-electron chi connectivity index (χ3n) is 4.90. The Morgan fingerprint density at radius 3 is 2.50 bits per heavy atom. The van der Waals surface area contributed by atoms with Gasteiger partial charge in [-0.25, -0.2) is 0 Å². The number of benzene rings is 1. The Bertz CT molecular complexity index is 778. The van der Waals surface area contributed by atoms with E-state index >= 15 is 0 Å². The summed E-state index contributed by atoms with van der Waals surface area (Å²) in [6, 6.07) is 9.92. The van der Waals surface area contributed by atoms with Crippen LogP contribution in [0.25, 0.3) is 0 Å². The minimum atomic E-state index is -3.66. The van der Waals surface area contributed by atoms with Gasteiger partial charge in [0.1, 0.15) is 5.25 Å². The maximum absolute atomic E-state index is 12.4. The molecular formula is C21H28O6S. The van der Waals surface area contributed by atoms with Gasteiger partial charge in [0.15, 0.2) is 5.79 Å². The standard InChI is InChI=1S/C21H28O6S/c1-18-7-9-20(10-8-18)28(22,23)27-14-12-21(25-15-16-26-21)11-13-24-17-19-5-3-2-4-6-19/h2-9,20H,10-17H2,1H3. The largest absolute Gasteiger partial charge is 0.377 e. The van der Waals surface area contributed by atoms with Crippen molar-refractivity contribution in [1.82, 2.24) is 0 Å². The molecule has 6 nitrogen and oxygen atoms in total. The van der Waals surface area contributed by atoms with E-state index in [4.69, 9.17) is 18.4 Å². The van der Waals surface area contributed by atoms with E-state index in [-0.39, 0.29) is 6.61 Å². The van der Waals surface area contributed by atoms with Crippen LogP contribution in [0.4, 0.5) is 0 Å². The molecule has 3 rings (SSSR count). The van der Waals surface area contributed by atoms with Crippen LogP contribution in [0.5, 0.6) is 0 Å². The Morgan fingerprint density at radius 2 is 1.82 bits per heavy atom. The third-order valence-corrected chi connectivity index (χ3v) is 6.49. The van der Waals surface area contributed by atoms with Gasteiger partial charge in [-0.3, -0.25) is 4.18 Å². The molecule has 1 aromatic rings. The number of allylic oxidation sites excluding steroid dienone is 3. The second kappa shape index (κ2) is 9.80. The van der Waals surface area contributed by atoms with E-state index < -0.39 is 21.2 Å². The molecule has 0 amide bonds. The van der Waals surface area contributed by atoms with E-state index in [9.17, 15) is 8.42 Å². The first-order valence-electron chi connectivity index (χ1n) is 9.62. The van der Waals surface area contributed by atoms with Crippen molar-refractivity contribution in [2.75, 3.05) is 26.4 Å². The van der Waals surface area contributed by atoms with Crippen molar-refractivity contribution >= 4 is 10.1 Å². The monoisotopic (exact) mass is 408 g/mol. The molecule has 0 radical (unpaired) electrons. The van der Waals surface area contributed by atoms with Crippen LogP contribution in [0.2, 0.25) is 0 Å². The summed E-state index contributed by atoms with van der Waals surface area (Å²) in [7, 11) is -3.66. The number of hydrogen-bond acceptors (Lipinski definition) is 6. The highest BCUT2D eigenvalue weighted by molar-refractivity contribution is 7.87. The van der Waals surface area contributed by atoms with Crippen LogP contribution in [0.3, 0.4) is 0 Å². The summed E-state index contributed by atoms with van der Waals surface area (Å²) in [5.41, 5.74) is 2.16. The van der Waals surface area contributed by atoms with E-state index in [0.29, 0.717) is 45.7 Å². The summed E-state index contributed by atoms with van der Waals surface area (Å²) in [5.74, 6) is -0.842. The maximum atomic E-state index is 12.4. The summed E-state index contributed by atoms with van der Waals surface area (Å²) in [6.45, 7) is 3.91. The zero-order valence-corrected chi connectivity index (χ0v) is 17.0. The number of hydrogen-bond donors (Lipinski definition) is 0. The fraction of sp³-hybridized carbons (Fsp3) is 0.524. The van der Waals surface area contributed by atoms with Gasteiger partial charge in [0.2, 0.25) is 0 Å². The first kappa shape index (κ1) is 21.2. The van der Waals surface area contributed by atoms with Gasteiger partial charge < -0.3 is 14.2 Å². The lowest BCUT2D eigenvalue weighted by molar-refractivity contribution is -0.178. The van der Waals surface area contributed by atoms with Crippen LogP contribution < -0.4 is 0 Å². The maximum Gasteiger partial charge on any atom is 0.274 e. The molecule has 2 aliphatic rings. The highest BCUT2D eigenvalue weighted by Crippen LogP contribution is 2.28.